The van der Waals surface area contributed by atoms with E-state index in [0.29, 0.717) is 5.56 Å². The number of benzene rings is 2. The van der Waals surface area contributed by atoms with Crippen LogP contribution in [0.15, 0.2) is 42.5 Å². The Morgan fingerprint density at radius 1 is 0.759 bits per heavy atom. The summed E-state index contributed by atoms with van der Waals surface area (Å²) < 4.78 is 0. The van der Waals surface area contributed by atoms with Gasteiger partial charge in [0.1, 0.15) is 11.1 Å². The highest BCUT2D eigenvalue weighted by atomic mass is 16.2. The average Bonchev–Trinajstić information content (AvgIpc) is 3.02. The van der Waals surface area contributed by atoms with Gasteiger partial charge in [0.25, 0.3) is 11.8 Å². The van der Waals surface area contributed by atoms with Gasteiger partial charge in [0.15, 0.2) is 0 Å². The van der Waals surface area contributed by atoms with Gasteiger partial charge in [0.2, 0.25) is 0 Å². The highest BCUT2D eigenvalue weighted by molar-refractivity contribution is 6.09. The molecule has 2 N–H and O–H groups in total. The third kappa shape index (κ3) is 2.83. The minimum Gasteiger partial charge on any atom is -0.324 e. The molecule has 2 aromatic carbocycles. The number of rotatable bonds is 4. The first kappa shape index (κ1) is 18.9. The lowest BCUT2D eigenvalue weighted by Gasteiger charge is -2.24. The molecule has 29 heavy (non-hydrogen) atoms. The van der Waals surface area contributed by atoms with Gasteiger partial charge in [-0.1, -0.05) is 42.5 Å². The lowest BCUT2D eigenvalue weighted by molar-refractivity contribution is -0.133. The number of urea groups is 2. The SMILES string of the molecule is CC1(C)NC(=O)N(CCN2C(=O)N[C@@](C)(c3cccc4ccccc34)C2=O)C1=O. The van der Waals surface area contributed by atoms with Crippen molar-refractivity contribution in [3.63, 3.8) is 0 Å². The quantitative estimate of drug-likeness (QED) is 0.774. The van der Waals surface area contributed by atoms with Gasteiger partial charge in [-0.05, 0) is 37.1 Å². The van der Waals surface area contributed by atoms with E-state index in [1.165, 1.54) is 0 Å². The lowest BCUT2D eigenvalue weighted by atomic mass is 9.88. The number of fused-ring (bicyclic) bond motifs is 1. The van der Waals surface area contributed by atoms with E-state index in [4.69, 9.17) is 0 Å². The van der Waals surface area contributed by atoms with E-state index in [1.54, 1.807) is 20.8 Å². The summed E-state index contributed by atoms with van der Waals surface area (Å²) in [5.74, 6) is -0.795. The molecule has 2 heterocycles. The fourth-order valence-corrected chi connectivity index (χ4v) is 3.96. The van der Waals surface area contributed by atoms with Crippen LogP contribution in [0.1, 0.15) is 26.3 Å². The van der Waals surface area contributed by atoms with E-state index in [0.717, 1.165) is 20.6 Å². The number of carbonyl (C=O) groups excluding carboxylic acids is 4. The van der Waals surface area contributed by atoms with Crippen molar-refractivity contribution >= 4 is 34.6 Å². The van der Waals surface area contributed by atoms with Crippen LogP contribution in [0, 0.1) is 0 Å². The van der Waals surface area contributed by atoms with Gasteiger partial charge < -0.3 is 10.6 Å². The second kappa shape index (κ2) is 6.30. The maximum Gasteiger partial charge on any atom is 0.325 e. The van der Waals surface area contributed by atoms with Crippen molar-refractivity contribution in [1.82, 2.24) is 20.4 Å². The molecule has 4 rings (SSSR count). The number of carbonyl (C=O) groups is 4. The van der Waals surface area contributed by atoms with Gasteiger partial charge >= 0.3 is 12.1 Å². The van der Waals surface area contributed by atoms with Gasteiger partial charge in [0.05, 0.1) is 0 Å². The minimum absolute atomic E-state index is 0.0567. The highest BCUT2D eigenvalue weighted by Gasteiger charge is 2.50. The van der Waals surface area contributed by atoms with Crippen LogP contribution < -0.4 is 10.6 Å². The fourth-order valence-electron chi connectivity index (χ4n) is 3.96. The molecule has 0 aromatic heterocycles. The molecule has 150 valence electrons. The van der Waals surface area contributed by atoms with E-state index >= 15 is 0 Å². The van der Waals surface area contributed by atoms with Crippen molar-refractivity contribution in [1.29, 1.82) is 0 Å². The predicted octanol–water partition coefficient (Wildman–Crippen LogP) is 1.94. The van der Waals surface area contributed by atoms with E-state index in [-0.39, 0.29) is 19.0 Å². The number of hydrogen-bond acceptors (Lipinski definition) is 4. The summed E-state index contributed by atoms with van der Waals surface area (Å²) in [5, 5.41) is 7.22. The van der Waals surface area contributed by atoms with Gasteiger partial charge in [-0.2, -0.15) is 0 Å². The summed E-state index contributed by atoms with van der Waals surface area (Å²) in [6, 6.07) is 12.2. The van der Waals surface area contributed by atoms with Crippen LogP contribution in [0.5, 0.6) is 0 Å². The van der Waals surface area contributed by atoms with Gasteiger partial charge in [-0.15, -0.1) is 0 Å². The van der Waals surface area contributed by atoms with E-state index in [1.807, 2.05) is 42.5 Å². The summed E-state index contributed by atoms with van der Waals surface area (Å²) in [4.78, 5) is 52.3. The monoisotopic (exact) mass is 394 g/mol. The molecule has 0 spiro atoms. The summed E-state index contributed by atoms with van der Waals surface area (Å²) >= 11 is 0. The van der Waals surface area contributed by atoms with E-state index in [2.05, 4.69) is 10.6 Å². The molecule has 2 saturated heterocycles. The molecule has 2 aliphatic heterocycles. The number of nitrogens with zero attached hydrogens (tertiary/aromatic N) is 2. The second-order valence-corrected chi connectivity index (χ2v) is 8.05. The van der Waals surface area contributed by atoms with Crippen LogP contribution in [-0.4, -0.2) is 52.3 Å². The maximum atomic E-state index is 13.2. The van der Waals surface area contributed by atoms with Crippen molar-refractivity contribution in [2.75, 3.05) is 13.1 Å². The van der Waals surface area contributed by atoms with Crippen molar-refractivity contribution in [2.24, 2.45) is 0 Å². The molecule has 8 heteroatoms. The lowest BCUT2D eigenvalue weighted by Crippen LogP contribution is -2.44. The second-order valence-electron chi connectivity index (χ2n) is 8.05. The van der Waals surface area contributed by atoms with Crippen LogP contribution >= 0.6 is 0 Å². The first-order chi connectivity index (χ1) is 13.6. The zero-order valence-corrected chi connectivity index (χ0v) is 16.5. The topological polar surface area (TPSA) is 98.8 Å². The standard InChI is InChI=1S/C21H22N4O4/c1-20(2)16(26)24(18(28)22-20)11-12-25-17(27)21(3,23-19(25)29)15-10-6-8-13-7-4-5-9-14(13)15/h4-10H,11-12H2,1-3H3,(H,22,28)(H,23,29)/t21-/m0/s1. The van der Waals surface area contributed by atoms with Crippen LogP contribution in [0.3, 0.4) is 0 Å². The van der Waals surface area contributed by atoms with E-state index < -0.39 is 29.0 Å². The molecule has 0 radical (unpaired) electrons. The molecule has 6 amide bonds. The van der Waals surface area contributed by atoms with Gasteiger partial charge in [-0.25, -0.2) is 9.59 Å². The smallest absolute Gasteiger partial charge is 0.324 e. The molecule has 0 aliphatic carbocycles. The Balaban J connectivity index is 1.59. The predicted molar refractivity (Wildman–Crippen MR) is 106 cm³/mol. The first-order valence-corrected chi connectivity index (χ1v) is 9.41. The zero-order chi connectivity index (χ0) is 21.0. The molecule has 2 aliphatic rings. The van der Waals surface area contributed by atoms with Crippen LogP contribution in [0.4, 0.5) is 9.59 Å². The third-order valence-corrected chi connectivity index (χ3v) is 5.59. The van der Waals surface area contributed by atoms with Crippen LogP contribution in [0.25, 0.3) is 10.8 Å². The van der Waals surface area contributed by atoms with E-state index in [9.17, 15) is 19.2 Å². The Hall–Kier alpha value is -3.42. The fraction of sp³-hybridized carbons (Fsp3) is 0.333. The number of amides is 6. The van der Waals surface area contributed by atoms with Crippen molar-refractivity contribution in [3.8, 4) is 0 Å². The molecular weight excluding hydrogens is 372 g/mol. The molecule has 2 fully saturated rings. The van der Waals surface area contributed by atoms with Crippen LogP contribution in [0.2, 0.25) is 0 Å². The normalized spacial score (nSPS) is 23.7. The molecule has 0 bridgehead atoms. The Labute approximate surface area is 167 Å². The van der Waals surface area contributed by atoms with Crippen molar-refractivity contribution in [3.05, 3.63) is 48.0 Å². The Morgan fingerprint density at radius 3 is 2.00 bits per heavy atom. The van der Waals surface area contributed by atoms with Gasteiger partial charge in [-0.3, -0.25) is 19.4 Å². The Morgan fingerprint density at radius 2 is 1.34 bits per heavy atom. The highest BCUT2D eigenvalue weighted by Crippen LogP contribution is 2.33. The number of imide groups is 2. The first-order valence-electron chi connectivity index (χ1n) is 9.41. The molecule has 0 saturated carbocycles. The average molecular weight is 394 g/mol. The molecule has 0 unspecified atom stereocenters. The number of nitrogens with one attached hydrogen (secondary N) is 2. The molecule has 1 atom stereocenters. The Bertz CT molecular complexity index is 1060. The number of hydrogen-bond donors (Lipinski definition) is 2. The molecule has 2 aromatic rings. The minimum atomic E-state index is -1.23. The Kier molecular flexibility index (Phi) is 4.11. The zero-order valence-electron chi connectivity index (χ0n) is 16.5. The summed E-state index contributed by atoms with van der Waals surface area (Å²) in [7, 11) is 0. The summed E-state index contributed by atoms with van der Waals surface area (Å²) in [5.41, 5.74) is -1.52. The summed E-state index contributed by atoms with van der Waals surface area (Å²) in [6.07, 6.45) is 0. The van der Waals surface area contributed by atoms with Crippen LogP contribution in [-0.2, 0) is 15.1 Å². The molecule has 8 nitrogen and oxygen atoms in total. The molecular formula is C21H22N4O4. The summed E-state index contributed by atoms with van der Waals surface area (Å²) in [6.45, 7) is 4.77. The maximum absolute atomic E-state index is 13.2. The largest absolute Gasteiger partial charge is 0.325 e. The van der Waals surface area contributed by atoms with Crippen molar-refractivity contribution < 1.29 is 19.2 Å². The van der Waals surface area contributed by atoms with Crippen molar-refractivity contribution in [2.45, 2.75) is 31.8 Å². The third-order valence-electron chi connectivity index (χ3n) is 5.59. The van der Waals surface area contributed by atoms with Gasteiger partial charge in [0, 0.05) is 13.1 Å².